The Kier molecular flexibility index (Phi) is 3.88. The molecule has 0 aromatic heterocycles. The average Bonchev–Trinajstić information content (AvgIpc) is 2.70. The molecule has 0 aliphatic heterocycles. The van der Waals surface area contributed by atoms with Crippen molar-refractivity contribution in [1.29, 1.82) is 0 Å². The first kappa shape index (κ1) is 11.8. The second-order valence-corrected chi connectivity index (χ2v) is 3.62. The summed E-state index contributed by atoms with van der Waals surface area (Å²) in [6.07, 6.45) is 2.18. The van der Waals surface area contributed by atoms with E-state index < -0.39 is 11.9 Å². The van der Waals surface area contributed by atoms with E-state index in [0.29, 0.717) is 29.9 Å². The van der Waals surface area contributed by atoms with Crippen molar-refractivity contribution in [2.75, 3.05) is 14.2 Å². The largest absolute Gasteiger partial charge is 0.466 e. The molecule has 0 N–H and O–H groups in total. The highest BCUT2D eigenvalue weighted by Gasteiger charge is 2.32. The standard InChI is InChI=1S/C11H16O4/c1-4-7-5-8(10(12)14-2)9(6-7)11(13)15-3/h7H,4-6H2,1-3H3. The van der Waals surface area contributed by atoms with E-state index in [9.17, 15) is 9.59 Å². The summed E-state index contributed by atoms with van der Waals surface area (Å²) in [6.45, 7) is 2.04. The fourth-order valence-corrected chi connectivity index (χ4v) is 1.84. The third kappa shape index (κ3) is 2.37. The maximum absolute atomic E-state index is 11.4. The fourth-order valence-electron chi connectivity index (χ4n) is 1.84. The predicted molar refractivity (Wildman–Crippen MR) is 54.1 cm³/mol. The van der Waals surface area contributed by atoms with Crippen LogP contribution in [0.25, 0.3) is 0 Å². The number of ether oxygens (including phenoxy) is 2. The Bertz CT molecular complexity index is 276. The van der Waals surface area contributed by atoms with Crippen molar-refractivity contribution >= 4 is 11.9 Å². The summed E-state index contributed by atoms with van der Waals surface area (Å²) in [5.41, 5.74) is 0.965. The van der Waals surface area contributed by atoms with Crippen LogP contribution in [-0.4, -0.2) is 26.2 Å². The second-order valence-electron chi connectivity index (χ2n) is 3.62. The molecule has 1 rings (SSSR count). The molecule has 0 unspecified atom stereocenters. The molecule has 0 saturated carbocycles. The lowest BCUT2D eigenvalue weighted by molar-refractivity contribution is -0.139. The molecule has 0 aromatic rings. The van der Waals surface area contributed by atoms with Crippen LogP contribution in [0.15, 0.2) is 11.1 Å². The van der Waals surface area contributed by atoms with Crippen LogP contribution in [0.3, 0.4) is 0 Å². The van der Waals surface area contributed by atoms with Crippen molar-refractivity contribution in [3.05, 3.63) is 11.1 Å². The smallest absolute Gasteiger partial charge is 0.334 e. The molecule has 0 spiro atoms. The molecule has 0 radical (unpaired) electrons. The maximum Gasteiger partial charge on any atom is 0.334 e. The van der Waals surface area contributed by atoms with Gasteiger partial charge in [-0.05, 0) is 18.8 Å². The van der Waals surface area contributed by atoms with Crippen LogP contribution in [0.2, 0.25) is 0 Å². The molecule has 4 heteroatoms. The molecule has 4 nitrogen and oxygen atoms in total. The molecule has 1 aliphatic carbocycles. The third-order valence-corrected chi connectivity index (χ3v) is 2.79. The molecule has 0 bridgehead atoms. The highest BCUT2D eigenvalue weighted by Crippen LogP contribution is 2.34. The summed E-state index contributed by atoms with van der Waals surface area (Å²) in [7, 11) is 2.65. The van der Waals surface area contributed by atoms with E-state index in [1.54, 1.807) is 0 Å². The number of carbonyl (C=O) groups is 2. The monoisotopic (exact) mass is 212 g/mol. The zero-order valence-corrected chi connectivity index (χ0v) is 9.33. The molecule has 0 atom stereocenters. The van der Waals surface area contributed by atoms with Gasteiger partial charge in [-0.2, -0.15) is 0 Å². The number of hydrogen-bond acceptors (Lipinski definition) is 4. The van der Waals surface area contributed by atoms with E-state index >= 15 is 0 Å². The zero-order chi connectivity index (χ0) is 11.4. The van der Waals surface area contributed by atoms with Gasteiger partial charge in [0.05, 0.1) is 14.2 Å². The second kappa shape index (κ2) is 4.96. The number of methoxy groups -OCH3 is 2. The van der Waals surface area contributed by atoms with E-state index in [1.165, 1.54) is 14.2 Å². The van der Waals surface area contributed by atoms with Crippen molar-refractivity contribution < 1.29 is 19.1 Å². The number of rotatable bonds is 3. The quantitative estimate of drug-likeness (QED) is 0.664. The normalized spacial score (nSPS) is 16.7. The van der Waals surface area contributed by atoms with Crippen molar-refractivity contribution in [2.45, 2.75) is 26.2 Å². The first-order chi connectivity index (χ1) is 7.13. The van der Waals surface area contributed by atoms with E-state index in [-0.39, 0.29) is 0 Å². The minimum absolute atomic E-state index is 0.355. The van der Waals surface area contributed by atoms with Gasteiger partial charge < -0.3 is 9.47 Å². The van der Waals surface area contributed by atoms with Gasteiger partial charge in [0.2, 0.25) is 0 Å². The lowest BCUT2D eigenvalue weighted by Gasteiger charge is -2.04. The number of esters is 2. The van der Waals surface area contributed by atoms with Gasteiger partial charge in [-0.1, -0.05) is 13.3 Å². The van der Waals surface area contributed by atoms with Crippen LogP contribution in [-0.2, 0) is 19.1 Å². The fraction of sp³-hybridized carbons (Fsp3) is 0.636. The van der Waals surface area contributed by atoms with Crippen LogP contribution in [0.5, 0.6) is 0 Å². The van der Waals surface area contributed by atoms with Gasteiger partial charge in [0.1, 0.15) is 0 Å². The number of carbonyl (C=O) groups excluding carboxylic acids is 2. The van der Waals surface area contributed by atoms with Gasteiger partial charge in [0, 0.05) is 11.1 Å². The first-order valence-corrected chi connectivity index (χ1v) is 5.02. The van der Waals surface area contributed by atoms with Gasteiger partial charge in [-0.25, -0.2) is 9.59 Å². The van der Waals surface area contributed by atoms with E-state index in [1.807, 2.05) is 6.92 Å². The molecule has 0 amide bonds. The molecule has 0 fully saturated rings. The summed E-state index contributed by atoms with van der Waals surface area (Å²) < 4.78 is 9.29. The molecule has 84 valence electrons. The first-order valence-electron chi connectivity index (χ1n) is 5.02. The van der Waals surface area contributed by atoms with Crippen LogP contribution in [0.4, 0.5) is 0 Å². The Morgan fingerprint density at radius 3 is 1.80 bits per heavy atom. The van der Waals surface area contributed by atoms with E-state index in [2.05, 4.69) is 9.47 Å². The van der Waals surface area contributed by atoms with Crippen LogP contribution in [0.1, 0.15) is 26.2 Å². The lowest BCUT2D eigenvalue weighted by atomic mass is 10.0. The summed E-state index contributed by atoms with van der Waals surface area (Å²) >= 11 is 0. The minimum Gasteiger partial charge on any atom is -0.466 e. The van der Waals surface area contributed by atoms with Crippen LogP contribution in [0, 0.1) is 5.92 Å². The van der Waals surface area contributed by atoms with Crippen LogP contribution < -0.4 is 0 Å². The van der Waals surface area contributed by atoms with Gasteiger partial charge in [-0.15, -0.1) is 0 Å². The van der Waals surface area contributed by atoms with Gasteiger partial charge in [0.15, 0.2) is 0 Å². The predicted octanol–water partition coefficient (Wildman–Crippen LogP) is 1.45. The zero-order valence-electron chi connectivity index (χ0n) is 9.33. The van der Waals surface area contributed by atoms with E-state index in [0.717, 1.165) is 6.42 Å². The van der Waals surface area contributed by atoms with Gasteiger partial charge in [0.25, 0.3) is 0 Å². The summed E-state index contributed by atoms with van der Waals surface area (Å²) in [5.74, 6) is -0.467. The van der Waals surface area contributed by atoms with Crippen molar-refractivity contribution in [1.82, 2.24) is 0 Å². The summed E-state index contributed by atoms with van der Waals surface area (Å²) in [5, 5.41) is 0. The van der Waals surface area contributed by atoms with Gasteiger partial charge >= 0.3 is 11.9 Å². The molecular formula is C11H16O4. The maximum atomic E-state index is 11.4. The van der Waals surface area contributed by atoms with Gasteiger partial charge in [-0.3, -0.25) is 0 Å². The van der Waals surface area contributed by atoms with Crippen molar-refractivity contribution in [2.24, 2.45) is 5.92 Å². The highest BCUT2D eigenvalue weighted by molar-refractivity contribution is 6.01. The topological polar surface area (TPSA) is 52.6 Å². The average molecular weight is 212 g/mol. The highest BCUT2D eigenvalue weighted by atomic mass is 16.5. The Morgan fingerprint density at radius 2 is 1.53 bits per heavy atom. The van der Waals surface area contributed by atoms with Crippen molar-refractivity contribution in [3.63, 3.8) is 0 Å². The Labute approximate surface area is 89.2 Å². The number of hydrogen-bond donors (Lipinski definition) is 0. The Morgan fingerprint density at radius 1 is 1.13 bits per heavy atom. The molecule has 15 heavy (non-hydrogen) atoms. The molecule has 0 heterocycles. The minimum atomic E-state index is -0.411. The summed E-state index contributed by atoms with van der Waals surface area (Å²) in [4.78, 5) is 22.8. The molecule has 1 aliphatic rings. The van der Waals surface area contributed by atoms with E-state index in [4.69, 9.17) is 0 Å². The molecule has 0 saturated heterocycles. The third-order valence-electron chi connectivity index (χ3n) is 2.79. The molecule has 0 aromatic carbocycles. The van der Waals surface area contributed by atoms with Crippen LogP contribution >= 0.6 is 0 Å². The lowest BCUT2D eigenvalue weighted by Crippen LogP contribution is -2.10. The SMILES string of the molecule is CCC1CC(C(=O)OC)=C(C(=O)OC)C1. The van der Waals surface area contributed by atoms with Crippen molar-refractivity contribution in [3.8, 4) is 0 Å². The Hall–Kier alpha value is -1.32. The molecular weight excluding hydrogens is 196 g/mol. The summed E-state index contributed by atoms with van der Waals surface area (Å²) in [6, 6.07) is 0. The Balaban J connectivity index is 2.92.